The minimum absolute atomic E-state index is 0. The highest BCUT2D eigenvalue weighted by Gasteiger charge is 2.32. The van der Waals surface area contributed by atoms with Gasteiger partial charge < -0.3 is 25.0 Å². The first-order chi connectivity index (χ1) is 20.8. The molecule has 2 amide bonds. The summed E-state index contributed by atoms with van der Waals surface area (Å²) in [5.41, 5.74) is 2.61. The first kappa shape index (κ1) is 32.5. The van der Waals surface area contributed by atoms with E-state index >= 15 is 0 Å². The van der Waals surface area contributed by atoms with Gasteiger partial charge in [-0.3, -0.25) is 14.4 Å². The van der Waals surface area contributed by atoms with Gasteiger partial charge in [0, 0.05) is 51.5 Å². The summed E-state index contributed by atoms with van der Waals surface area (Å²) in [5, 5.41) is 6.40. The summed E-state index contributed by atoms with van der Waals surface area (Å²) in [4.78, 5) is 41.6. The molecule has 0 radical (unpaired) electrons. The predicted octanol–water partition coefficient (Wildman–Crippen LogP) is 5.99. The molecule has 2 aliphatic rings. The van der Waals surface area contributed by atoms with E-state index in [0.29, 0.717) is 25.3 Å². The number of carbonyl (C=O) groups is 3. The highest BCUT2D eigenvalue weighted by Crippen LogP contribution is 2.30. The van der Waals surface area contributed by atoms with Crippen LogP contribution in [0.1, 0.15) is 96.0 Å². The molecule has 2 atom stereocenters. The zero-order valence-electron chi connectivity index (χ0n) is 26.3. The molecule has 4 rings (SSSR count). The largest absolute Gasteiger partial charge is 0.497 e. The topological polar surface area (TPSA) is 97.0 Å². The molecule has 2 aromatic rings. The maximum atomic E-state index is 13.4. The minimum Gasteiger partial charge on any atom is -0.497 e. The Balaban J connectivity index is 0.00000353. The van der Waals surface area contributed by atoms with Gasteiger partial charge in [-0.15, -0.1) is 0 Å². The Bertz CT molecular complexity index is 1250. The van der Waals surface area contributed by atoms with Crippen molar-refractivity contribution in [3.63, 3.8) is 0 Å². The maximum Gasteiger partial charge on any atom is 0.251 e. The van der Waals surface area contributed by atoms with E-state index in [1.54, 1.807) is 7.11 Å². The van der Waals surface area contributed by atoms with E-state index in [-0.39, 0.29) is 44.7 Å². The molecule has 1 saturated heterocycles. The molecule has 0 bridgehead atoms. The van der Waals surface area contributed by atoms with Gasteiger partial charge in [0.05, 0.1) is 26.3 Å². The first-order valence-electron chi connectivity index (χ1n) is 16.0. The molecule has 0 spiro atoms. The van der Waals surface area contributed by atoms with Crippen molar-refractivity contribution in [2.24, 2.45) is 11.8 Å². The molecule has 238 valence electrons. The third-order valence-electron chi connectivity index (χ3n) is 8.84. The fourth-order valence-electron chi connectivity index (χ4n) is 6.40. The van der Waals surface area contributed by atoms with Crippen molar-refractivity contribution < 1.29 is 26.7 Å². The van der Waals surface area contributed by atoms with Gasteiger partial charge in [-0.2, -0.15) is 0 Å². The van der Waals surface area contributed by atoms with Crippen LogP contribution in [0.2, 0.25) is 0 Å². The Morgan fingerprint density at radius 3 is 2.53 bits per heavy atom. The van der Waals surface area contributed by atoms with Crippen molar-refractivity contribution in [3.8, 4) is 11.5 Å². The molecule has 2 fully saturated rings. The molecule has 1 aliphatic heterocycles. The van der Waals surface area contributed by atoms with Crippen molar-refractivity contribution >= 4 is 17.6 Å². The molecule has 2 N–H and O–H groups in total. The number of benzene rings is 2. The van der Waals surface area contributed by atoms with Crippen LogP contribution in [0.4, 0.5) is 0 Å². The Kier molecular flexibility index (Phi) is 12.0. The molecule has 0 aromatic heterocycles. The van der Waals surface area contributed by atoms with Crippen LogP contribution in [0, 0.1) is 11.8 Å². The van der Waals surface area contributed by atoms with Gasteiger partial charge in [0.1, 0.15) is 11.5 Å². The van der Waals surface area contributed by atoms with Gasteiger partial charge in [0.25, 0.3) is 5.91 Å². The Labute approximate surface area is 259 Å². The Morgan fingerprint density at radius 1 is 1.02 bits per heavy atom. The van der Waals surface area contributed by atoms with Crippen LogP contribution in [0.25, 0.3) is 0 Å². The molecule has 43 heavy (non-hydrogen) atoms. The summed E-state index contributed by atoms with van der Waals surface area (Å²) >= 11 is 0. The number of hydrogen-bond donors (Lipinski definition) is 2. The molecule has 8 nitrogen and oxygen atoms in total. The zero-order valence-corrected chi connectivity index (χ0v) is 26.3. The molecule has 8 heteroatoms. The number of ether oxygens (including phenoxy) is 2. The number of Topliss-reactive ketones (excluding diaryl/α,β-unsaturated/α-hetero) is 1. The molecule has 1 unspecified atom stereocenters. The van der Waals surface area contributed by atoms with Crippen molar-refractivity contribution in [1.82, 2.24) is 15.5 Å². The first-order valence-corrected chi connectivity index (χ1v) is 16.0. The SMILES string of the molecule is CCOc1cc(OC)ccc1CNCC(=O)N1CCCC(c2cccc(C(=O)N[C@H](C(=O)C(C)C)C3CCCCC3)c2)C1.[HH].[HH]. The minimum atomic E-state index is -0.436. The zero-order chi connectivity index (χ0) is 30.8. The summed E-state index contributed by atoms with van der Waals surface area (Å²) in [6.45, 7) is 8.41. The monoisotopic (exact) mass is 595 g/mol. The number of hydrogen-bond acceptors (Lipinski definition) is 6. The number of ketones is 1. The van der Waals surface area contributed by atoms with E-state index < -0.39 is 6.04 Å². The number of amides is 2. The average molecular weight is 596 g/mol. The van der Waals surface area contributed by atoms with Crippen LogP contribution in [0.5, 0.6) is 11.5 Å². The van der Waals surface area contributed by atoms with Gasteiger partial charge in [-0.05, 0) is 62.3 Å². The molecular formula is C35H53N3O5. The van der Waals surface area contributed by atoms with E-state index in [1.165, 1.54) is 6.42 Å². The fraction of sp³-hybridized carbons (Fsp3) is 0.571. The number of nitrogens with zero attached hydrogens (tertiary/aromatic N) is 1. The second kappa shape index (κ2) is 15.9. The summed E-state index contributed by atoms with van der Waals surface area (Å²) in [6.07, 6.45) is 7.26. The number of likely N-dealkylation sites (tertiary alicyclic amines) is 1. The summed E-state index contributed by atoms with van der Waals surface area (Å²) in [7, 11) is 1.63. The lowest BCUT2D eigenvalue weighted by Gasteiger charge is -2.33. The summed E-state index contributed by atoms with van der Waals surface area (Å²) < 4.78 is 11.1. The number of piperidine rings is 1. The van der Waals surface area contributed by atoms with E-state index in [9.17, 15) is 14.4 Å². The van der Waals surface area contributed by atoms with Gasteiger partial charge in [0.15, 0.2) is 5.78 Å². The average Bonchev–Trinajstić information content (AvgIpc) is 3.04. The van der Waals surface area contributed by atoms with Crippen molar-refractivity contribution in [3.05, 3.63) is 59.2 Å². The molecule has 1 aliphatic carbocycles. The predicted molar refractivity (Wildman–Crippen MR) is 173 cm³/mol. The van der Waals surface area contributed by atoms with Crippen LogP contribution in [-0.2, 0) is 16.1 Å². The Morgan fingerprint density at radius 2 is 1.81 bits per heavy atom. The molecule has 1 saturated carbocycles. The normalized spacial score (nSPS) is 18.3. The Hall–Kier alpha value is -3.39. The summed E-state index contributed by atoms with van der Waals surface area (Å²) in [6, 6.07) is 13.0. The quantitative estimate of drug-likeness (QED) is 0.296. The lowest BCUT2D eigenvalue weighted by molar-refractivity contribution is -0.131. The van der Waals surface area contributed by atoms with Crippen LogP contribution in [0.15, 0.2) is 42.5 Å². The van der Waals surface area contributed by atoms with Crippen molar-refractivity contribution in [2.75, 3.05) is 33.4 Å². The number of carbonyl (C=O) groups excluding carboxylic acids is 3. The number of rotatable bonds is 13. The van der Waals surface area contributed by atoms with Gasteiger partial charge in [-0.1, -0.05) is 51.3 Å². The van der Waals surface area contributed by atoms with E-state index in [1.807, 2.05) is 68.1 Å². The number of nitrogens with one attached hydrogen (secondary N) is 2. The standard InChI is InChI=1S/C35H49N3O5.2H2/c1-5-43-31-20-30(42-4)17-16-28(31)21-36-22-32(39)38-18-10-15-29(23-38)26-13-9-14-27(19-26)35(41)37-33(34(40)24(2)3)25-11-7-6-8-12-25;;/h9,13-14,16-17,19-20,24-25,29,33,36H,5-8,10-12,15,18,21-23H2,1-4H3,(H,37,41);2*1H/t29?,33-;;/m0../s1. The van der Waals surface area contributed by atoms with Crippen molar-refractivity contribution in [2.45, 2.75) is 84.2 Å². The number of methoxy groups -OCH3 is 1. The van der Waals surface area contributed by atoms with Gasteiger partial charge in [-0.25, -0.2) is 0 Å². The van der Waals surface area contributed by atoms with E-state index in [4.69, 9.17) is 9.47 Å². The third-order valence-corrected chi connectivity index (χ3v) is 8.84. The van der Waals surface area contributed by atoms with Crippen LogP contribution >= 0.6 is 0 Å². The van der Waals surface area contributed by atoms with E-state index in [2.05, 4.69) is 10.6 Å². The van der Waals surface area contributed by atoms with Crippen LogP contribution < -0.4 is 20.1 Å². The van der Waals surface area contributed by atoms with Crippen molar-refractivity contribution in [1.29, 1.82) is 0 Å². The summed E-state index contributed by atoms with van der Waals surface area (Å²) in [5.74, 6) is 1.71. The second-order valence-electron chi connectivity index (χ2n) is 12.2. The van der Waals surface area contributed by atoms with Crippen LogP contribution in [0.3, 0.4) is 0 Å². The smallest absolute Gasteiger partial charge is 0.251 e. The lowest BCUT2D eigenvalue weighted by atomic mass is 9.80. The lowest BCUT2D eigenvalue weighted by Crippen LogP contribution is -2.48. The highest BCUT2D eigenvalue weighted by atomic mass is 16.5. The molecular weight excluding hydrogens is 542 g/mol. The highest BCUT2D eigenvalue weighted by molar-refractivity contribution is 5.98. The van der Waals surface area contributed by atoms with Gasteiger partial charge >= 0.3 is 0 Å². The third kappa shape index (κ3) is 8.82. The molecule has 2 aromatic carbocycles. The fourth-order valence-corrected chi connectivity index (χ4v) is 6.40. The van der Waals surface area contributed by atoms with E-state index in [0.717, 1.165) is 67.7 Å². The molecule has 1 heterocycles. The van der Waals surface area contributed by atoms with Gasteiger partial charge in [0.2, 0.25) is 5.91 Å². The van der Waals surface area contributed by atoms with Crippen LogP contribution in [-0.4, -0.2) is 61.9 Å². The second-order valence-corrected chi connectivity index (χ2v) is 12.2. The maximum absolute atomic E-state index is 13.4.